The lowest BCUT2D eigenvalue weighted by Crippen LogP contribution is -2.42. The van der Waals surface area contributed by atoms with Gasteiger partial charge in [-0.2, -0.15) is 0 Å². The number of benzene rings is 2. The Bertz CT molecular complexity index is 965. The van der Waals surface area contributed by atoms with E-state index in [1.54, 1.807) is 35.6 Å². The Morgan fingerprint density at radius 3 is 2.47 bits per heavy atom. The molecule has 0 saturated carbocycles. The van der Waals surface area contributed by atoms with Crippen LogP contribution in [-0.2, 0) is 11.3 Å². The summed E-state index contributed by atoms with van der Waals surface area (Å²) in [5.41, 5.74) is 3.93. The molecule has 156 valence electrons. The number of nitrogens with zero attached hydrogens (tertiary/aromatic N) is 2. The Morgan fingerprint density at radius 1 is 1.13 bits per heavy atom. The molecule has 1 saturated heterocycles. The molecule has 0 aliphatic carbocycles. The van der Waals surface area contributed by atoms with Crippen molar-refractivity contribution in [2.75, 3.05) is 18.4 Å². The molecule has 1 aromatic heterocycles. The Kier molecular flexibility index (Phi) is 6.45. The van der Waals surface area contributed by atoms with E-state index >= 15 is 0 Å². The van der Waals surface area contributed by atoms with Crippen LogP contribution in [0.4, 0.5) is 10.5 Å². The number of piperidine rings is 1. The van der Waals surface area contributed by atoms with Gasteiger partial charge >= 0.3 is 6.09 Å². The van der Waals surface area contributed by atoms with Gasteiger partial charge in [-0.3, -0.25) is 0 Å². The molecule has 0 radical (unpaired) electrons. The molecule has 4 rings (SSSR count). The van der Waals surface area contributed by atoms with E-state index in [1.807, 2.05) is 0 Å². The zero-order valence-corrected chi connectivity index (χ0v) is 17.8. The lowest BCUT2D eigenvalue weighted by molar-refractivity contribution is 0.0882. The number of hydrogen-bond donors (Lipinski definition) is 2. The third kappa shape index (κ3) is 5.26. The number of hydrogen-bond acceptors (Lipinski definition) is 4. The standard InChI is InChI=1S/C22H22Cl2N4O2/c23-17-9-15(10-18(24)11-17)13-30-22(29)28-7-5-20(6-8-28)27-19-3-1-16(2-4-19)21-12-25-14-26-21/h1-4,9-12,14,20,27H,5-8,13H2,(H,25,26). The van der Waals surface area contributed by atoms with Crippen LogP contribution in [0, 0.1) is 0 Å². The maximum absolute atomic E-state index is 12.4. The Labute approximate surface area is 185 Å². The number of halogens is 2. The summed E-state index contributed by atoms with van der Waals surface area (Å²) in [6, 6.07) is 13.7. The van der Waals surface area contributed by atoms with Crippen molar-refractivity contribution in [2.45, 2.75) is 25.5 Å². The van der Waals surface area contributed by atoms with Gasteiger partial charge in [0.15, 0.2) is 0 Å². The van der Waals surface area contributed by atoms with Crippen molar-refractivity contribution in [3.05, 3.63) is 70.6 Å². The zero-order chi connectivity index (χ0) is 20.9. The first-order chi connectivity index (χ1) is 14.6. The molecule has 1 amide bonds. The zero-order valence-electron chi connectivity index (χ0n) is 16.3. The predicted molar refractivity (Wildman–Crippen MR) is 119 cm³/mol. The smallest absolute Gasteiger partial charge is 0.410 e. The number of H-pyrrole nitrogens is 1. The highest BCUT2D eigenvalue weighted by molar-refractivity contribution is 6.34. The van der Waals surface area contributed by atoms with Crippen LogP contribution >= 0.6 is 23.2 Å². The maximum atomic E-state index is 12.4. The molecule has 1 aliphatic heterocycles. The first-order valence-corrected chi connectivity index (χ1v) is 10.5. The predicted octanol–water partition coefficient (Wildman–Crippen LogP) is 5.60. The summed E-state index contributed by atoms with van der Waals surface area (Å²) in [5.74, 6) is 0. The minimum atomic E-state index is -0.312. The lowest BCUT2D eigenvalue weighted by atomic mass is 10.0. The molecule has 30 heavy (non-hydrogen) atoms. The summed E-state index contributed by atoms with van der Waals surface area (Å²) < 4.78 is 5.42. The van der Waals surface area contributed by atoms with Crippen molar-refractivity contribution < 1.29 is 9.53 Å². The number of ether oxygens (including phenoxy) is 1. The molecule has 2 heterocycles. The van der Waals surface area contributed by atoms with Crippen LogP contribution in [0.5, 0.6) is 0 Å². The van der Waals surface area contributed by atoms with Gasteiger partial charge in [0.2, 0.25) is 0 Å². The summed E-state index contributed by atoms with van der Waals surface area (Å²) in [4.78, 5) is 21.3. The number of aromatic nitrogens is 2. The van der Waals surface area contributed by atoms with Crippen molar-refractivity contribution in [3.63, 3.8) is 0 Å². The van der Waals surface area contributed by atoms with E-state index in [1.165, 1.54) is 0 Å². The van der Waals surface area contributed by atoms with Gasteiger partial charge < -0.3 is 19.9 Å². The number of carbonyl (C=O) groups excluding carboxylic acids is 1. The molecule has 2 aromatic carbocycles. The fraction of sp³-hybridized carbons (Fsp3) is 0.273. The van der Waals surface area contributed by atoms with Crippen LogP contribution in [-0.4, -0.2) is 40.1 Å². The second-order valence-corrected chi connectivity index (χ2v) is 8.15. The van der Waals surface area contributed by atoms with Gasteiger partial charge in [-0.05, 0) is 54.3 Å². The van der Waals surface area contributed by atoms with Gasteiger partial charge in [0.05, 0.1) is 18.2 Å². The van der Waals surface area contributed by atoms with Gasteiger partial charge in [-0.25, -0.2) is 9.78 Å². The van der Waals surface area contributed by atoms with E-state index in [0.717, 1.165) is 35.3 Å². The highest BCUT2D eigenvalue weighted by atomic mass is 35.5. The highest BCUT2D eigenvalue weighted by Crippen LogP contribution is 2.23. The fourth-order valence-electron chi connectivity index (χ4n) is 3.53. The lowest BCUT2D eigenvalue weighted by Gasteiger charge is -2.32. The van der Waals surface area contributed by atoms with Crippen LogP contribution < -0.4 is 5.32 Å². The second kappa shape index (κ2) is 9.41. The van der Waals surface area contributed by atoms with Gasteiger partial charge in [0.25, 0.3) is 0 Å². The van der Waals surface area contributed by atoms with Crippen molar-refractivity contribution in [2.24, 2.45) is 0 Å². The van der Waals surface area contributed by atoms with E-state index in [0.29, 0.717) is 29.2 Å². The maximum Gasteiger partial charge on any atom is 0.410 e. The number of nitrogens with one attached hydrogen (secondary N) is 2. The van der Waals surface area contributed by atoms with E-state index in [-0.39, 0.29) is 12.7 Å². The Morgan fingerprint density at radius 2 is 1.83 bits per heavy atom. The molecule has 0 unspecified atom stereocenters. The third-order valence-electron chi connectivity index (χ3n) is 5.10. The molecule has 1 aliphatic rings. The van der Waals surface area contributed by atoms with E-state index in [9.17, 15) is 4.79 Å². The molecular formula is C22H22Cl2N4O2. The highest BCUT2D eigenvalue weighted by Gasteiger charge is 2.23. The second-order valence-electron chi connectivity index (χ2n) is 7.28. The van der Waals surface area contributed by atoms with E-state index in [4.69, 9.17) is 27.9 Å². The summed E-state index contributed by atoms with van der Waals surface area (Å²) in [7, 11) is 0. The number of amides is 1. The number of rotatable bonds is 5. The van der Waals surface area contributed by atoms with Crippen LogP contribution in [0.3, 0.4) is 0 Å². The Hall–Kier alpha value is -2.70. The van der Waals surface area contributed by atoms with Gasteiger partial charge in [0.1, 0.15) is 6.61 Å². The fourth-order valence-corrected chi connectivity index (χ4v) is 4.10. The number of carbonyl (C=O) groups is 1. The van der Waals surface area contributed by atoms with Crippen LogP contribution in [0.25, 0.3) is 11.3 Å². The van der Waals surface area contributed by atoms with Crippen LogP contribution in [0.2, 0.25) is 10.0 Å². The minimum absolute atomic E-state index is 0.153. The molecule has 2 N–H and O–H groups in total. The van der Waals surface area contributed by atoms with Crippen molar-refractivity contribution in [1.29, 1.82) is 0 Å². The monoisotopic (exact) mass is 444 g/mol. The van der Waals surface area contributed by atoms with Crippen molar-refractivity contribution in [3.8, 4) is 11.3 Å². The first kappa shape index (κ1) is 20.6. The van der Waals surface area contributed by atoms with E-state index < -0.39 is 0 Å². The topological polar surface area (TPSA) is 70.2 Å². The van der Waals surface area contributed by atoms with E-state index in [2.05, 4.69) is 39.6 Å². The van der Waals surface area contributed by atoms with Gasteiger partial charge in [-0.1, -0.05) is 35.3 Å². The molecule has 0 spiro atoms. The summed E-state index contributed by atoms with van der Waals surface area (Å²) >= 11 is 12.0. The molecule has 8 heteroatoms. The number of imidazole rings is 1. The van der Waals surface area contributed by atoms with Crippen LogP contribution in [0.1, 0.15) is 18.4 Å². The number of likely N-dealkylation sites (tertiary alicyclic amines) is 1. The molecule has 0 atom stereocenters. The molecule has 0 bridgehead atoms. The SMILES string of the molecule is O=C(OCc1cc(Cl)cc(Cl)c1)N1CCC(Nc2ccc(-c3cnc[nH]3)cc2)CC1. The summed E-state index contributed by atoms with van der Waals surface area (Å²) in [5, 5.41) is 4.60. The average molecular weight is 445 g/mol. The minimum Gasteiger partial charge on any atom is -0.445 e. The van der Waals surface area contributed by atoms with Crippen molar-refractivity contribution in [1.82, 2.24) is 14.9 Å². The average Bonchev–Trinajstić information content (AvgIpc) is 3.27. The molecule has 1 fully saturated rings. The summed E-state index contributed by atoms with van der Waals surface area (Å²) in [6.07, 6.45) is 4.89. The van der Waals surface area contributed by atoms with Crippen molar-refractivity contribution >= 4 is 35.0 Å². The molecule has 3 aromatic rings. The normalized spacial score (nSPS) is 14.5. The first-order valence-electron chi connectivity index (χ1n) is 9.79. The Balaban J connectivity index is 1.24. The largest absolute Gasteiger partial charge is 0.445 e. The molecule has 6 nitrogen and oxygen atoms in total. The van der Waals surface area contributed by atoms with Crippen LogP contribution in [0.15, 0.2) is 55.0 Å². The molecular weight excluding hydrogens is 423 g/mol. The number of anilines is 1. The quantitative estimate of drug-likeness (QED) is 0.537. The third-order valence-corrected chi connectivity index (χ3v) is 5.54. The van der Waals surface area contributed by atoms with Gasteiger partial charge in [0, 0.05) is 34.9 Å². The summed E-state index contributed by atoms with van der Waals surface area (Å²) in [6.45, 7) is 1.46. The van der Waals surface area contributed by atoms with Gasteiger partial charge in [-0.15, -0.1) is 0 Å². The number of aromatic amines is 1.